The third kappa shape index (κ3) is 2.36. The van der Waals surface area contributed by atoms with Crippen LogP contribution in [0, 0.1) is 0 Å². The number of ether oxygens (including phenoxy) is 1. The Balaban J connectivity index is 1.59. The summed E-state index contributed by atoms with van der Waals surface area (Å²) in [4.78, 5) is 25.8. The van der Waals surface area contributed by atoms with Gasteiger partial charge in [0.05, 0.1) is 17.3 Å². The van der Waals surface area contributed by atoms with E-state index in [9.17, 15) is 9.59 Å². The highest BCUT2D eigenvalue weighted by Gasteiger charge is 2.23. The van der Waals surface area contributed by atoms with Gasteiger partial charge in [-0.15, -0.1) is 0 Å². The maximum absolute atomic E-state index is 12.1. The van der Waals surface area contributed by atoms with Crippen LogP contribution in [0.25, 0.3) is 22.0 Å². The standard InChI is InChI=1S/C19H16N4O3/c24-16-10-23(7-6-20-16)9-11-4-5-14-13(8-11)18-17-12(19(25)22-21-18)2-1-3-15(17)26-14/h1-5,8H,6-7,9-10H2,(H,20,24)(H,22,25). The lowest BCUT2D eigenvalue weighted by Gasteiger charge is -2.27. The molecule has 1 aromatic heterocycles. The minimum atomic E-state index is -0.229. The number of H-pyrrole nitrogens is 1. The van der Waals surface area contributed by atoms with Gasteiger partial charge < -0.3 is 10.1 Å². The predicted molar refractivity (Wildman–Crippen MR) is 96.2 cm³/mol. The van der Waals surface area contributed by atoms with Gasteiger partial charge in [-0.1, -0.05) is 12.1 Å². The zero-order valence-electron chi connectivity index (χ0n) is 13.9. The molecule has 0 saturated carbocycles. The van der Waals surface area contributed by atoms with Crippen LogP contribution < -0.4 is 15.6 Å². The first-order valence-electron chi connectivity index (χ1n) is 8.51. The fourth-order valence-electron chi connectivity index (χ4n) is 3.62. The van der Waals surface area contributed by atoms with E-state index in [-0.39, 0.29) is 11.5 Å². The van der Waals surface area contributed by atoms with Crippen molar-refractivity contribution in [3.05, 3.63) is 52.3 Å². The SMILES string of the molecule is O=C1CN(Cc2ccc3c(c2)-c2n[nH]c(=O)c4cccc(c24)O3)CCN1. The van der Waals surface area contributed by atoms with E-state index in [2.05, 4.69) is 20.4 Å². The summed E-state index contributed by atoms with van der Waals surface area (Å²) in [5.41, 5.74) is 2.41. The smallest absolute Gasteiger partial charge is 0.272 e. The van der Waals surface area contributed by atoms with E-state index in [1.54, 1.807) is 12.1 Å². The molecule has 1 saturated heterocycles. The van der Waals surface area contributed by atoms with E-state index < -0.39 is 0 Å². The fraction of sp³-hybridized carbons (Fsp3) is 0.211. The van der Waals surface area contributed by atoms with Gasteiger partial charge in [-0.3, -0.25) is 14.5 Å². The Morgan fingerprint density at radius 2 is 2.08 bits per heavy atom. The Kier molecular flexibility index (Phi) is 3.29. The topological polar surface area (TPSA) is 87.3 Å². The molecular weight excluding hydrogens is 332 g/mol. The Morgan fingerprint density at radius 1 is 1.15 bits per heavy atom. The second-order valence-electron chi connectivity index (χ2n) is 6.57. The number of piperazine rings is 1. The first-order valence-corrected chi connectivity index (χ1v) is 8.51. The number of amides is 1. The molecule has 26 heavy (non-hydrogen) atoms. The number of benzene rings is 2. The van der Waals surface area contributed by atoms with Crippen molar-refractivity contribution in [1.29, 1.82) is 0 Å². The lowest BCUT2D eigenvalue weighted by atomic mass is 9.99. The average molecular weight is 348 g/mol. The van der Waals surface area contributed by atoms with Crippen molar-refractivity contribution < 1.29 is 9.53 Å². The minimum Gasteiger partial charge on any atom is -0.456 e. The number of hydrogen-bond acceptors (Lipinski definition) is 5. The van der Waals surface area contributed by atoms with E-state index >= 15 is 0 Å². The molecule has 0 atom stereocenters. The predicted octanol–water partition coefficient (Wildman–Crippen LogP) is 1.63. The number of aromatic nitrogens is 2. The fourth-order valence-corrected chi connectivity index (χ4v) is 3.62. The Bertz CT molecular complexity index is 1110. The van der Waals surface area contributed by atoms with Crippen molar-refractivity contribution >= 4 is 16.7 Å². The maximum Gasteiger partial charge on any atom is 0.272 e. The summed E-state index contributed by atoms with van der Waals surface area (Å²) in [5.74, 6) is 1.41. The normalized spacial score (nSPS) is 16.1. The highest BCUT2D eigenvalue weighted by molar-refractivity contribution is 6.01. The van der Waals surface area contributed by atoms with E-state index in [4.69, 9.17) is 4.74 Å². The minimum absolute atomic E-state index is 0.0514. The summed E-state index contributed by atoms with van der Waals surface area (Å²) >= 11 is 0. The number of nitrogens with one attached hydrogen (secondary N) is 2. The molecule has 7 nitrogen and oxygen atoms in total. The first kappa shape index (κ1) is 15.1. The van der Waals surface area contributed by atoms with Crippen LogP contribution in [-0.2, 0) is 11.3 Å². The van der Waals surface area contributed by atoms with Gasteiger partial charge >= 0.3 is 0 Å². The third-order valence-corrected chi connectivity index (χ3v) is 4.82. The zero-order valence-corrected chi connectivity index (χ0v) is 13.9. The molecule has 2 aromatic carbocycles. The van der Waals surface area contributed by atoms with Gasteiger partial charge in [0.15, 0.2) is 0 Å². The summed E-state index contributed by atoms with van der Waals surface area (Å²) < 4.78 is 6.00. The van der Waals surface area contributed by atoms with Gasteiger partial charge in [-0.2, -0.15) is 5.10 Å². The summed E-state index contributed by atoms with van der Waals surface area (Å²) in [6.07, 6.45) is 0. The molecular formula is C19H16N4O3. The first-order chi connectivity index (χ1) is 12.7. The van der Waals surface area contributed by atoms with Gasteiger partial charge in [0.2, 0.25) is 5.91 Å². The van der Waals surface area contributed by atoms with Crippen LogP contribution in [0.1, 0.15) is 5.56 Å². The third-order valence-electron chi connectivity index (χ3n) is 4.82. The van der Waals surface area contributed by atoms with Crippen LogP contribution in [0.2, 0.25) is 0 Å². The number of hydrogen-bond donors (Lipinski definition) is 2. The quantitative estimate of drug-likeness (QED) is 0.575. The molecule has 2 aliphatic heterocycles. The molecule has 1 fully saturated rings. The molecule has 0 bridgehead atoms. The molecule has 7 heteroatoms. The van der Waals surface area contributed by atoms with E-state index in [0.717, 1.165) is 28.8 Å². The van der Waals surface area contributed by atoms with Crippen molar-refractivity contribution in [3.63, 3.8) is 0 Å². The number of fused-ring (bicyclic) bond motifs is 2. The van der Waals surface area contributed by atoms with Gasteiger partial charge in [-0.05, 0) is 29.8 Å². The van der Waals surface area contributed by atoms with Crippen LogP contribution in [0.3, 0.4) is 0 Å². The maximum atomic E-state index is 12.1. The van der Waals surface area contributed by atoms with E-state index in [0.29, 0.717) is 36.5 Å². The molecule has 0 unspecified atom stereocenters. The second kappa shape index (κ2) is 5.67. The van der Waals surface area contributed by atoms with Crippen LogP contribution in [0.5, 0.6) is 11.5 Å². The molecule has 2 aliphatic rings. The largest absolute Gasteiger partial charge is 0.456 e. The van der Waals surface area contributed by atoms with Crippen molar-refractivity contribution in [2.75, 3.05) is 19.6 Å². The van der Waals surface area contributed by atoms with Crippen molar-refractivity contribution in [3.8, 4) is 22.8 Å². The summed E-state index contributed by atoms with van der Waals surface area (Å²) in [6, 6.07) is 11.4. The average Bonchev–Trinajstić information content (AvgIpc) is 2.64. The van der Waals surface area contributed by atoms with Gasteiger partial charge in [0, 0.05) is 25.2 Å². The lowest BCUT2D eigenvalue weighted by Crippen LogP contribution is -2.47. The summed E-state index contributed by atoms with van der Waals surface area (Å²) in [7, 11) is 0. The van der Waals surface area contributed by atoms with Crippen molar-refractivity contribution in [1.82, 2.24) is 20.4 Å². The highest BCUT2D eigenvalue weighted by atomic mass is 16.5. The van der Waals surface area contributed by atoms with E-state index in [1.807, 2.05) is 24.3 Å². The molecule has 0 aliphatic carbocycles. The highest BCUT2D eigenvalue weighted by Crippen LogP contribution is 2.44. The van der Waals surface area contributed by atoms with Crippen LogP contribution >= 0.6 is 0 Å². The van der Waals surface area contributed by atoms with Crippen molar-refractivity contribution in [2.45, 2.75) is 6.54 Å². The lowest BCUT2D eigenvalue weighted by molar-refractivity contribution is -0.124. The van der Waals surface area contributed by atoms with Gasteiger partial charge in [0.1, 0.15) is 17.2 Å². The second-order valence-corrected chi connectivity index (χ2v) is 6.57. The van der Waals surface area contributed by atoms with Crippen LogP contribution in [0.4, 0.5) is 0 Å². The van der Waals surface area contributed by atoms with Gasteiger partial charge in [-0.25, -0.2) is 5.10 Å². The van der Waals surface area contributed by atoms with E-state index in [1.165, 1.54) is 0 Å². The molecule has 130 valence electrons. The monoisotopic (exact) mass is 348 g/mol. The molecule has 3 heterocycles. The number of carbonyl (C=O) groups excluding carboxylic acids is 1. The Morgan fingerprint density at radius 3 is 2.96 bits per heavy atom. The summed E-state index contributed by atoms with van der Waals surface area (Å²) in [5, 5.41) is 11.0. The Hall–Kier alpha value is -3.19. The zero-order chi connectivity index (χ0) is 17.7. The molecule has 3 aromatic rings. The number of aromatic amines is 1. The molecule has 2 N–H and O–H groups in total. The van der Waals surface area contributed by atoms with Crippen molar-refractivity contribution in [2.24, 2.45) is 0 Å². The number of carbonyl (C=O) groups is 1. The Labute approximate surface area is 148 Å². The summed E-state index contributed by atoms with van der Waals surface area (Å²) in [6.45, 7) is 2.57. The molecule has 0 spiro atoms. The molecule has 5 rings (SSSR count). The number of nitrogens with zero attached hydrogens (tertiary/aromatic N) is 2. The number of rotatable bonds is 2. The molecule has 0 radical (unpaired) electrons. The van der Waals surface area contributed by atoms with Crippen LogP contribution in [-0.4, -0.2) is 40.6 Å². The van der Waals surface area contributed by atoms with Gasteiger partial charge in [0.25, 0.3) is 5.56 Å². The van der Waals surface area contributed by atoms with Crippen LogP contribution in [0.15, 0.2) is 41.2 Å². The molecule has 1 amide bonds.